The molecule has 1 aliphatic rings. The zero-order valence-corrected chi connectivity index (χ0v) is 14.2. The lowest BCUT2D eigenvalue weighted by molar-refractivity contribution is 0.0624. The summed E-state index contributed by atoms with van der Waals surface area (Å²) in [5.41, 5.74) is 1.56. The zero-order valence-electron chi connectivity index (χ0n) is 12.7. The summed E-state index contributed by atoms with van der Waals surface area (Å²) in [5.74, 6) is -1.43. The fourth-order valence-electron chi connectivity index (χ4n) is 2.96. The quantitative estimate of drug-likeness (QED) is 0.558. The Morgan fingerprint density at radius 1 is 1.00 bits per heavy atom. The maximum Gasteiger partial charge on any atom is 0.262 e. The first-order chi connectivity index (χ1) is 12.0. The van der Waals surface area contributed by atoms with Gasteiger partial charge in [0.15, 0.2) is 5.78 Å². The van der Waals surface area contributed by atoms with E-state index in [1.807, 2.05) is 18.2 Å². The van der Waals surface area contributed by atoms with Crippen LogP contribution in [0.25, 0.3) is 10.9 Å². The van der Waals surface area contributed by atoms with Crippen LogP contribution >= 0.6 is 23.2 Å². The number of ketones is 1. The van der Waals surface area contributed by atoms with E-state index < -0.39 is 11.8 Å². The predicted molar refractivity (Wildman–Crippen MR) is 94.5 cm³/mol. The van der Waals surface area contributed by atoms with Crippen LogP contribution < -0.4 is 0 Å². The number of fused-ring (bicyclic) bond motifs is 2. The van der Waals surface area contributed by atoms with Crippen molar-refractivity contribution < 1.29 is 14.4 Å². The third-order valence-electron chi connectivity index (χ3n) is 4.20. The minimum Gasteiger partial charge on any atom is -0.360 e. The molecule has 7 heteroatoms. The number of aromatic amines is 1. The molecule has 5 nitrogen and oxygen atoms in total. The lowest BCUT2D eigenvalue weighted by atomic mass is 10.1. The van der Waals surface area contributed by atoms with Gasteiger partial charge in [0, 0.05) is 22.7 Å². The molecule has 1 aromatic heterocycles. The van der Waals surface area contributed by atoms with Crippen molar-refractivity contribution in [2.24, 2.45) is 0 Å². The van der Waals surface area contributed by atoms with Crippen LogP contribution in [-0.2, 0) is 0 Å². The molecular formula is C18H10Cl2N2O3. The van der Waals surface area contributed by atoms with Crippen molar-refractivity contribution in [1.82, 2.24) is 9.88 Å². The van der Waals surface area contributed by atoms with Crippen LogP contribution in [0.1, 0.15) is 31.1 Å². The lowest BCUT2D eigenvalue weighted by Gasteiger charge is -2.12. The van der Waals surface area contributed by atoms with Crippen molar-refractivity contribution in [3.05, 3.63) is 69.3 Å². The molecule has 0 spiro atoms. The molecule has 0 unspecified atom stereocenters. The van der Waals surface area contributed by atoms with Crippen molar-refractivity contribution in [3.8, 4) is 0 Å². The first-order valence-corrected chi connectivity index (χ1v) is 8.17. The van der Waals surface area contributed by atoms with E-state index in [-0.39, 0.29) is 33.5 Å². The third kappa shape index (κ3) is 2.44. The summed E-state index contributed by atoms with van der Waals surface area (Å²) in [4.78, 5) is 41.5. The monoisotopic (exact) mass is 372 g/mol. The first-order valence-electron chi connectivity index (χ1n) is 7.42. The second-order valence-corrected chi connectivity index (χ2v) is 6.49. The summed E-state index contributed by atoms with van der Waals surface area (Å²) >= 11 is 11.8. The molecule has 124 valence electrons. The van der Waals surface area contributed by atoms with Gasteiger partial charge in [-0.25, -0.2) is 0 Å². The van der Waals surface area contributed by atoms with E-state index in [0.29, 0.717) is 5.56 Å². The highest BCUT2D eigenvalue weighted by Crippen LogP contribution is 2.31. The molecule has 0 saturated heterocycles. The molecule has 25 heavy (non-hydrogen) atoms. The topological polar surface area (TPSA) is 70.2 Å². The fourth-order valence-corrected chi connectivity index (χ4v) is 3.29. The number of hydrogen-bond donors (Lipinski definition) is 1. The van der Waals surface area contributed by atoms with Crippen LogP contribution in [0.15, 0.2) is 42.6 Å². The van der Waals surface area contributed by atoms with Gasteiger partial charge in [-0.2, -0.15) is 0 Å². The largest absolute Gasteiger partial charge is 0.360 e. The van der Waals surface area contributed by atoms with Crippen LogP contribution in [0.5, 0.6) is 0 Å². The van der Waals surface area contributed by atoms with E-state index in [9.17, 15) is 14.4 Å². The summed E-state index contributed by atoms with van der Waals surface area (Å²) in [6, 6.07) is 10.0. The molecule has 2 heterocycles. The number of rotatable bonds is 3. The number of carbonyl (C=O) groups is 3. The number of imide groups is 1. The molecule has 1 aliphatic heterocycles. The third-order valence-corrected chi connectivity index (χ3v) is 4.93. The number of para-hydroxylation sites is 1. The molecule has 0 aliphatic carbocycles. The smallest absolute Gasteiger partial charge is 0.262 e. The number of benzene rings is 2. The molecule has 2 aromatic carbocycles. The molecule has 0 radical (unpaired) electrons. The van der Waals surface area contributed by atoms with Crippen molar-refractivity contribution in [2.45, 2.75) is 0 Å². The Hall–Kier alpha value is -2.63. The Kier molecular flexibility index (Phi) is 3.63. The molecule has 1 N–H and O–H groups in total. The van der Waals surface area contributed by atoms with E-state index in [2.05, 4.69) is 4.98 Å². The Morgan fingerprint density at radius 3 is 2.24 bits per heavy atom. The number of nitrogens with one attached hydrogen (secondary N) is 1. The van der Waals surface area contributed by atoms with Crippen LogP contribution in [-0.4, -0.2) is 34.0 Å². The molecule has 2 amide bonds. The standard InChI is InChI=1S/C18H10Cl2N2O3/c19-13-5-10-11(6-14(13)20)18(25)22(17(10)24)8-16(23)12-7-21-15-4-2-1-3-9(12)15/h1-7,21H,8H2. The second-order valence-electron chi connectivity index (χ2n) is 5.68. The first kappa shape index (κ1) is 15.9. The predicted octanol–water partition coefficient (Wildman–Crippen LogP) is 3.95. The van der Waals surface area contributed by atoms with Gasteiger partial charge < -0.3 is 4.98 Å². The van der Waals surface area contributed by atoms with E-state index in [1.54, 1.807) is 12.3 Å². The number of H-pyrrole nitrogens is 1. The average Bonchev–Trinajstić information content (AvgIpc) is 3.12. The van der Waals surface area contributed by atoms with E-state index in [4.69, 9.17) is 23.2 Å². The second kappa shape index (κ2) is 5.72. The number of nitrogens with zero attached hydrogens (tertiary/aromatic N) is 1. The van der Waals surface area contributed by atoms with Gasteiger partial charge in [-0.3, -0.25) is 19.3 Å². The van der Waals surface area contributed by atoms with Gasteiger partial charge in [-0.05, 0) is 18.2 Å². The Bertz CT molecular complexity index is 1030. The molecule has 0 atom stereocenters. The molecule has 0 saturated carbocycles. The van der Waals surface area contributed by atoms with Crippen LogP contribution in [0.4, 0.5) is 0 Å². The summed E-state index contributed by atoms with van der Waals surface area (Å²) in [5, 5.41) is 1.12. The normalized spacial score (nSPS) is 13.6. The maximum atomic E-state index is 12.6. The van der Waals surface area contributed by atoms with Gasteiger partial charge in [-0.1, -0.05) is 41.4 Å². The van der Waals surface area contributed by atoms with Gasteiger partial charge in [0.25, 0.3) is 11.8 Å². The SMILES string of the molecule is O=C(CN1C(=O)c2cc(Cl)c(Cl)cc2C1=O)c1c[nH]c2ccccc12. The van der Waals surface area contributed by atoms with Crippen LogP contribution in [0.3, 0.4) is 0 Å². The van der Waals surface area contributed by atoms with E-state index >= 15 is 0 Å². The summed E-state index contributed by atoms with van der Waals surface area (Å²) in [6.45, 7) is -0.344. The number of hydrogen-bond acceptors (Lipinski definition) is 3. The maximum absolute atomic E-state index is 12.6. The fraction of sp³-hybridized carbons (Fsp3) is 0.0556. The highest BCUT2D eigenvalue weighted by Gasteiger charge is 2.37. The zero-order chi connectivity index (χ0) is 17.7. The molecular weight excluding hydrogens is 363 g/mol. The molecule has 4 rings (SSSR count). The van der Waals surface area contributed by atoms with Crippen molar-refractivity contribution >= 4 is 51.7 Å². The molecule has 0 bridgehead atoms. The Morgan fingerprint density at radius 2 is 1.60 bits per heavy atom. The van der Waals surface area contributed by atoms with Gasteiger partial charge in [0.05, 0.1) is 27.7 Å². The number of Topliss-reactive ketones (excluding diaryl/α,β-unsaturated/α-hetero) is 1. The van der Waals surface area contributed by atoms with E-state index in [1.165, 1.54) is 12.1 Å². The minimum absolute atomic E-state index is 0.158. The van der Waals surface area contributed by atoms with Crippen molar-refractivity contribution in [1.29, 1.82) is 0 Å². The molecule has 0 fully saturated rings. The van der Waals surface area contributed by atoms with Crippen molar-refractivity contribution in [2.75, 3.05) is 6.54 Å². The van der Waals surface area contributed by atoms with Gasteiger partial charge in [-0.15, -0.1) is 0 Å². The summed E-state index contributed by atoms with van der Waals surface area (Å²) < 4.78 is 0. The highest BCUT2D eigenvalue weighted by molar-refractivity contribution is 6.43. The van der Waals surface area contributed by atoms with Gasteiger partial charge in [0.2, 0.25) is 0 Å². The highest BCUT2D eigenvalue weighted by atomic mass is 35.5. The molecule has 3 aromatic rings. The number of carbonyl (C=O) groups excluding carboxylic acids is 3. The van der Waals surface area contributed by atoms with Crippen LogP contribution in [0.2, 0.25) is 10.0 Å². The Labute approximate surface area is 152 Å². The van der Waals surface area contributed by atoms with Gasteiger partial charge >= 0.3 is 0 Å². The van der Waals surface area contributed by atoms with Crippen molar-refractivity contribution in [3.63, 3.8) is 0 Å². The van der Waals surface area contributed by atoms with E-state index in [0.717, 1.165) is 15.8 Å². The summed E-state index contributed by atoms with van der Waals surface area (Å²) in [6.07, 6.45) is 1.58. The average molecular weight is 373 g/mol. The lowest BCUT2D eigenvalue weighted by Crippen LogP contribution is -2.34. The van der Waals surface area contributed by atoms with Crippen LogP contribution in [0, 0.1) is 0 Å². The number of aromatic nitrogens is 1. The Balaban J connectivity index is 1.66. The summed E-state index contributed by atoms with van der Waals surface area (Å²) in [7, 11) is 0. The number of halogens is 2. The number of amides is 2. The van der Waals surface area contributed by atoms with Gasteiger partial charge in [0.1, 0.15) is 0 Å². The minimum atomic E-state index is -0.549.